The van der Waals surface area contributed by atoms with Crippen LogP contribution in [0.2, 0.25) is 0 Å². The van der Waals surface area contributed by atoms with E-state index in [0.717, 1.165) is 12.2 Å². The van der Waals surface area contributed by atoms with Gasteiger partial charge in [-0.15, -0.1) is 0 Å². The van der Waals surface area contributed by atoms with Gasteiger partial charge in [0.25, 0.3) is 0 Å². The zero-order chi connectivity index (χ0) is 5.70. The van der Waals surface area contributed by atoms with Crippen LogP contribution >= 0.6 is 11.6 Å². The van der Waals surface area contributed by atoms with Crippen LogP contribution in [0, 0.1) is 5.92 Å². The molecule has 0 aliphatic carbocycles. The van der Waals surface area contributed by atoms with Gasteiger partial charge in [-0.05, 0) is 0 Å². The third-order valence-electron chi connectivity index (χ3n) is 0.498. The van der Waals surface area contributed by atoms with Gasteiger partial charge < -0.3 is 0 Å². The second kappa shape index (κ2) is 4.38. The van der Waals surface area contributed by atoms with Crippen LogP contribution < -0.4 is 0 Å². The molecule has 0 aliphatic heterocycles. The Hall–Kier alpha value is 0.215. The molecule has 0 aliphatic rings. The zero-order valence-corrected chi connectivity index (χ0v) is 5.49. The van der Waals surface area contributed by atoms with Gasteiger partial charge in [0.05, 0.1) is 0 Å². The van der Waals surface area contributed by atoms with E-state index in [4.69, 9.17) is 0 Å². The first-order valence-electron chi connectivity index (χ1n) is 2.32. The number of hydrogen-bond acceptors (Lipinski definition) is 2. The molecule has 0 atom stereocenters. The van der Waals surface area contributed by atoms with Gasteiger partial charge in [-0.25, -0.2) is 0 Å². The molecule has 1 nitrogen and oxygen atoms in total. The van der Waals surface area contributed by atoms with Gasteiger partial charge in [-0.1, -0.05) is 0 Å². The second-order valence-electron chi connectivity index (χ2n) is 1.82. The molecule has 0 radical (unpaired) electrons. The average molecular weight is 116 g/mol. The Morgan fingerprint density at radius 1 is 1.71 bits per heavy atom. The molecule has 0 spiro atoms. The van der Waals surface area contributed by atoms with Crippen LogP contribution in [0.5, 0.6) is 0 Å². The monoisotopic (exact) mass is 116 g/mol. The Labute approximate surface area is 49.0 Å². The third kappa shape index (κ3) is 6.21. The topological polar surface area (TPSA) is 17.1 Å². The van der Waals surface area contributed by atoms with Gasteiger partial charge >= 0.3 is 48.3 Å². The van der Waals surface area contributed by atoms with Gasteiger partial charge in [0.1, 0.15) is 0 Å². The summed E-state index contributed by atoms with van der Waals surface area (Å²) in [6, 6.07) is 0. The molecule has 0 heterocycles. The van der Waals surface area contributed by atoms with Crippen molar-refractivity contribution in [3.63, 3.8) is 0 Å². The van der Waals surface area contributed by atoms with Crippen LogP contribution in [0.1, 0.15) is 13.8 Å². The summed E-state index contributed by atoms with van der Waals surface area (Å²) in [5.41, 5.74) is 0. The fraction of sp³-hybridized carbons (Fsp3) is 1.00. The molecule has 0 saturated carbocycles. The van der Waals surface area contributed by atoms with Crippen LogP contribution in [0.25, 0.3) is 0 Å². The van der Waals surface area contributed by atoms with E-state index in [1.165, 1.54) is 11.6 Å². The van der Waals surface area contributed by atoms with E-state index in [9.17, 15) is 4.70 Å². The fourth-order valence-corrected chi connectivity index (χ4v) is 0.695. The van der Waals surface area contributed by atoms with Crippen molar-refractivity contribution in [2.24, 2.45) is 5.92 Å². The summed E-state index contributed by atoms with van der Waals surface area (Å²) in [7, 11) is 0. The molecule has 7 heavy (non-hydrogen) atoms. The van der Waals surface area contributed by atoms with E-state index >= 15 is 0 Å². The molecular weight excluding hydrogens is 107 g/mol. The van der Waals surface area contributed by atoms with Gasteiger partial charge in [-0.2, -0.15) is 0 Å². The summed E-state index contributed by atoms with van der Waals surface area (Å²) in [6.45, 7) is 4.19. The normalized spacial score (nSPS) is 9.00. The molecule has 0 saturated heterocycles. The van der Waals surface area contributed by atoms with Crippen molar-refractivity contribution in [3.05, 3.63) is 0 Å². The SMILES string of the molecule is CC(C)CSB=O. The van der Waals surface area contributed by atoms with Crippen molar-refractivity contribution in [2.75, 3.05) is 5.75 Å². The molecule has 0 rings (SSSR count). The molecule has 40 valence electrons. The van der Waals surface area contributed by atoms with Crippen LogP contribution in [0.4, 0.5) is 0 Å². The van der Waals surface area contributed by atoms with Crippen molar-refractivity contribution in [1.29, 1.82) is 0 Å². The Balaban J connectivity index is 2.81. The maximum absolute atomic E-state index is 9.67. The van der Waals surface area contributed by atoms with Crippen molar-refractivity contribution in [2.45, 2.75) is 13.8 Å². The molecule has 0 bridgehead atoms. The maximum atomic E-state index is 9.67. The second-order valence-corrected chi connectivity index (χ2v) is 2.68. The third-order valence-corrected chi connectivity index (χ3v) is 1.49. The average Bonchev–Trinajstić information content (AvgIpc) is 1.61. The van der Waals surface area contributed by atoms with Gasteiger partial charge in [0, 0.05) is 0 Å². The van der Waals surface area contributed by atoms with E-state index in [0.29, 0.717) is 5.92 Å². The zero-order valence-electron chi connectivity index (χ0n) is 4.68. The van der Waals surface area contributed by atoms with Crippen molar-refractivity contribution >= 4 is 18.0 Å². The van der Waals surface area contributed by atoms with Crippen molar-refractivity contribution in [3.8, 4) is 0 Å². The van der Waals surface area contributed by atoms with E-state index in [1.807, 2.05) is 0 Å². The Bertz CT molecular complexity index is 55.7. The summed E-state index contributed by atoms with van der Waals surface area (Å²) in [6.07, 6.45) is 0.889. The Morgan fingerprint density at radius 2 is 2.29 bits per heavy atom. The molecule has 0 aromatic carbocycles. The minimum absolute atomic E-state index is 0.634. The van der Waals surface area contributed by atoms with E-state index in [1.54, 1.807) is 0 Å². The standard InChI is InChI=1S/C4H9BOS/c1-4(2)3-7-5-6/h4H,3H2,1-2H3. The van der Waals surface area contributed by atoms with E-state index < -0.39 is 0 Å². The first-order valence-corrected chi connectivity index (χ1v) is 3.37. The first-order chi connectivity index (χ1) is 3.27. The van der Waals surface area contributed by atoms with E-state index in [-0.39, 0.29) is 0 Å². The summed E-state index contributed by atoms with van der Waals surface area (Å²) in [5.74, 6) is 1.58. The summed E-state index contributed by atoms with van der Waals surface area (Å²) in [4.78, 5) is 0. The van der Waals surface area contributed by atoms with Crippen molar-refractivity contribution < 1.29 is 4.70 Å². The number of rotatable bonds is 3. The predicted molar refractivity (Wildman–Crippen MR) is 33.7 cm³/mol. The van der Waals surface area contributed by atoms with Crippen LogP contribution in [-0.4, -0.2) is 12.2 Å². The molecule has 0 unspecified atom stereocenters. The summed E-state index contributed by atoms with van der Waals surface area (Å²) < 4.78 is 9.67. The van der Waals surface area contributed by atoms with Crippen molar-refractivity contribution in [1.82, 2.24) is 0 Å². The summed E-state index contributed by atoms with van der Waals surface area (Å²) in [5, 5.41) is 0. The van der Waals surface area contributed by atoms with Gasteiger partial charge in [-0.3, -0.25) is 0 Å². The molecule has 0 aromatic rings. The van der Waals surface area contributed by atoms with Crippen LogP contribution in [0.15, 0.2) is 0 Å². The molecule has 0 aromatic heterocycles. The summed E-state index contributed by atoms with van der Waals surface area (Å²) >= 11 is 1.34. The van der Waals surface area contributed by atoms with Crippen LogP contribution in [-0.2, 0) is 4.70 Å². The van der Waals surface area contributed by atoms with E-state index in [2.05, 4.69) is 13.8 Å². The molecule has 3 heteroatoms. The van der Waals surface area contributed by atoms with Gasteiger partial charge in [0.15, 0.2) is 0 Å². The van der Waals surface area contributed by atoms with Crippen LogP contribution in [0.3, 0.4) is 0 Å². The molecule has 0 fully saturated rings. The number of hydrogen-bond donors (Lipinski definition) is 0. The first kappa shape index (κ1) is 7.21. The quantitative estimate of drug-likeness (QED) is 0.517. The minimum atomic E-state index is 0.634. The molecule has 0 N–H and O–H groups in total. The Kier molecular flexibility index (Phi) is 4.51. The fourth-order valence-electron chi connectivity index (χ4n) is 0.232. The predicted octanol–water partition coefficient (Wildman–Crippen LogP) is 1.34. The molecular formula is C4H9BOS. The molecule has 0 amide bonds. The Morgan fingerprint density at radius 3 is 2.43 bits per heavy atom. The van der Waals surface area contributed by atoms with Gasteiger partial charge in [0.2, 0.25) is 0 Å².